The fraction of sp³-hybridized carbons (Fsp3) is 0.0256. The fourth-order valence-electron chi connectivity index (χ4n) is 6.44. The Morgan fingerprint density at radius 3 is 1.88 bits per heavy atom. The third-order valence-corrected chi connectivity index (χ3v) is 9.05. The standard InChI is InChI=1S/C39H27BrN2/c40-34-20-10-7-15-29(34)26-41-35-21-11-9-19-32(35)38(39(41)27-13-3-1-4-14-27)28-23-24-37-33(25-28)31-18-8-12-22-36(31)42(37)30-16-5-2-6-17-30/h1-25H,26H2. The minimum atomic E-state index is 0.766. The molecule has 2 aromatic heterocycles. The molecule has 2 nitrogen and oxygen atoms in total. The molecule has 0 saturated carbocycles. The Labute approximate surface area is 253 Å². The maximum absolute atomic E-state index is 3.81. The van der Waals surface area contributed by atoms with Crippen LogP contribution >= 0.6 is 15.9 Å². The lowest BCUT2D eigenvalue weighted by molar-refractivity contribution is 0.841. The monoisotopic (exact) mass is 602 g/mol. The molecule has 0 fully saturated rings. The summed E-state index contributed by atoms with van der Waals surface area (Å²) < 4.78 is 5.99. The Morgan fingerprint density at radius 2 is 1.10 bits per heavy atom. The molecule has 0 N–H and O–H groups in total. The van der Waals surface area contributed by atoms with Gasteiger partial charge in [0, 0.05) is 43.9 Å². The lowest BCUT2D eigenvalue weighted by atomic mass is 9.97. The van der Waals surface area contributed by atoms with Gasteiger partial charge >= 0.3 is 0 Å². The van der Waals surface area contributed by atoms with E-state index in [2.05, 4.69) is 177 Å². The third kappa shape index (κ3) is 4.00. The molecule has 8 rings (SSSR count). The van der Waals surface area contributed by atoms with Crippen molar-refractivity contribution in [3.05, 3.63) is 162 Å². The molecule has 0 unspecified atom stereocenters. The zero-order valence-corrected chi connectivity index (χ0v) is 24.5. The Morgan fingerprint density at radius 1 is 0.476 bits per heavy atom. The summed E-state index contributed by atoms with van der Waals surface area (Å²) in [5.41, 5.74) is 11.0. The second-order valence-corrected chi connectivity index (χ2v) is 11.6. The van der Waals surface area contributed by atoms with E-state index < -0.39 is 0 Å². The molecule has 0 saturated heterocycles. The summed E-state index contributed by atoms with van der Waals surface area (Å²) in [5, 5.41) is 3.78. The molecule has 6 aromatic carbocycles. The number of hydrogen-bond donors (Lipinski definition) is 0. The molecule has 0 spiro atoms. The first-order chi connectivity index (χ1) is 20.8. The molecule has 0 amide bonds. The summed E-state index contributed by atoms with van der Waals surface area (Å²) in [4.78, 5) is 0. The average Bonchev–Trinajstić information content (AvgIpc) is 3.55. The van der Waals surface area contributed by atoms with E-state index in [1.165, 1.54) is 66.3 Å². The van der Waals surface area contributed by atoms with E-state index in [4.69, 9.17) is 0 Å². The summed E-state index contributed by atoms with van der Waals surface area (Å²) >= 11 is 3.81. The minimum absolute atomic E-state index is 0.766. The Kier molecular flexibility index (Phi) is 6.05. The summed E-state index contributed by atoms with van der Waals surface area (Å²) in [5.74, 6) is 0. The number of rotatable bonds is 5. The Hall–Kier alpha value is -4.86. The quantitative estimate of drug-likeness (QED) is 0.185. The average molecular weight is 604 g/mol. The number of aromatic nitrogens is 2. The molecule has 3 heteroatoms. The highest BCUT2D eigenvalue weighted by molar-refractivity contribution is 9.10. The van der Waals surface area contributed by atoms with Gasteiger partial charge < -0.3 is 9.13 Å². The highest BCUT2D eigenvalue weighted by Crippen LogP contribution is 2.43. The van der Waals surface area contributed by atoms with E-state index in [-0.39, 0.29) is 0 Å². The lowest BCUT2D eigenvalue weighted by Gasteiger charge is -2.14. The number of fused-ring (bicyclic) bond motifs is 4. The normalized spacial score (nSPS) is 11.5. The molecule has 0 atom stereocenters. The molecule has 0 bridgehead atoms. The van der Waals surface area contributed by atoms with Gasteiger partial charge in [-0.3, -0.25) is 0 Å². The van der Waals surface area contributed by atoms with E-state index in [1.54, 1.807) is 0 Å². The molecular weight excluding hydrogens is 576 g/mol. The minimum Gasteiger partial charge on any atom is -0.335 e. The van der Waals surface area contributed by atoms with Gasteiger partial charge in [-0.25, -0.2) is 0 Å². The van der Waals surface area contributed by atoms with Crippen LogP contribution in [-0.4, -0.2) is 9.13 Å². The first kappa shape index (κ1) is 24.9. The molecule has 8 aromatic rings. The zero-order chi connectivity index (χ0) is 28.0. The van der Waals surface area contributed by atoms with Crippen LogP contribution in [0.4, 0.5) is 0 Å². The number of benzene rings is 6. The third-order valence-electron chi connectivity index (χ3n) is 8.28. The van der Waals surface area contributed by atoms with Crippen molar-refractivity contribution >= 4 is 48.6 Å². The van der Waals surface area contributed by atoms with Crippen molar-refractivity contribution in [3.8, 4) is 28.1 Å². The topological polar surface area (TPSA) is 9.86 Å². The van der Waals surface area contributed by atoms with Crippen molar-refractivity contribution in [2.45, 2.75) is 6.54 Å². The van der Waals surface area contributed by atoms with Gasteiger partial charge in [-0.15, -0.1) is 0 Å². The zero-order valence-electron chi connectivity index (χ0n) is 22.9. The van der Waals surface area contributed by atoms with Crippen molar-refractivity contribution in [1.29, 1.82) is 0 Å². The molecule has 42 heavy (non-hydrogen) atoms. The number of hydrogen-bond acceptors (Lipinski definition) is 0. The number of nitrogens with zero attached hydrogens (tertiary/aromatic N) is 2. The van der Waals surface area contributed by atoms with Crippen molar-refractivity contribution in [2.75, 3.05) is 0 Å². The summed E-state index contributed by atoms with van der Waals surface area (Å²) in [6.07, 6.45) is 0. The highest BCUT2D eigenvalue weighted by atomic mass is 79.9. The first-order valence-electron chi connectivity index (χ1n) is 14.3. The summed E-state index contributed by atoms with van der Waals surface area (Å²) in [6, 6.07) is 54.6. The van der Waals surface area contributed by atoms with Crippen LogP contribution in [0.25, 0.3) is 60.8 Å². The molecule has 0 aliphatic carbocycles. The second kappa shape index (κ2) is 10.2. The van der Waals surface area contributed by atoms with Crippen molar-refractivity contribution < 1.29 is 0 Å². The van der Waals surface area contributed by atoms with Crippen LogP contribution in [0.2, 0.25) is 0 Å². The maximum atomic E-state index is 3.81. The largest absolute Gasteiger partial charge is 0.335 e. The number of para-hydroxylation sites is 3. The van der Waals surface area contributed by atoms with Crippen LogP contribution in [-0.2, 0) is 6.54 Å². The number of halogens is 1. The van der Waals surface area contributed by atoms with Gasteiger partial charge in [0.15, 0.2) is 0 Å². The molecule has 0 radical (unpaired) electrons. The van der Waals surface area contributed by atoms with E-state index in [1.807, 2.05) is 0 Å². The molecule has 0 aliphatic heterocycles. The van der Waals surface area contributed by atoms with Crippen molar-refractivity contribution in [3.63, 3.8) is 0 Å². The predicted molar refractivity (Wildman–Crippen MR) is 180 cm³/mol. The van der Waals surface area contributed by atoms with Crippen molar-refractivity contribution in [2.24, 2.45) is 0 Å². The van der Waals surface area contributed by atoms with Gasteiger partial charge in [0.2, 0.25) is 0 Å². The second-order valence-electron chi connectivity index (χ2n) is 10.7. The lowest BCUT2D eigenvalue weighted by Crippen LogP contribution is -2.03. The van der Waals surface area contributed by atoms with Gasteiger partial charge in [0.1, 0.15) is 0 Å². The highest BCUT2D eigenvalue weighted by Gasteiger charge is 2.22. The van der Waals surface area contributed by atoms with Gasteiger partial charge in [-0.05, 0) is 59.2 Å². The molecule has 200 valence electrons. The smallest absolute Gasteiger partial charge is 0.0574 e. The summed E-state index contributed by atoms with van der Waals surface area (Å²) in [7, 11) is 0. The van der Waals surface area contributed by atoms with Crippen LogP contribution in [0.3, 0.4) is 0 Å². The summed E-state index contributed by atoms with van der Waals surface area (Å²) in [6.45, 7) is 0.766. The molecular formula is C39H27BrN2. The van der Waals surface area contributed by atoms with E-state index in [9.17, 15) is 0 Å². The van der Waals surface area contributed by atoms with Gasteiger partial charge in [0.05, 0.1) is 16.7 Å². The van der Waals surface area contributed by atoms with Gasteiger partial charge in [-0.2, -0.15) is 0 Å². The van der Waals surface area contributed by atoms with Crippen LogP contribution in [0.1, 0.15) is 5.56 Å². The SMILES string of the molecule is Brc1ccccc1Cn1c(-c2ccccc2)c(-c2ccc3c(c2)c2ccccc2n3-c2ccccc2)c2ccccc21. The molecule has 2 heterocycles. The van der Waals surface area contributed by atoms with Crippen LogP contribution in [0.5, 0.6) is 0 Å². The first-order valence-corrected chi connectivity index (χ1v) is 15.1. The van der Waals surface area contributed by atoms with Crippen LogP contribution in [0, 0.1) is 0 Å². The van der Waals surface area contributed by atoms with E-state index in [0.29, 0.717) is 0 Å². The van der Waals surface area contributed by atoms with Crippen LogP contribution in [0.15, 0.2) is 156 Å². The maximum Gasteiger partial charge on any atom is 0.0574 e. The van der Waals surface area contributed by atoms with Crippen molar-refractivity contribution in [1.82, 2.24) is 9.13 Å². The van der Waals surface area contributed by atoms with Gasteiger partial charge in [0.25, 0.3) is 0 Å². The van der Waals surface area contributed by atoms with Gasteiger partial charge in [-0.1, -0.05) is 125 Å². The van der Waals surface area contributed by atoms with Crippen LogP contribution < -0.4 is 0 Å². The Balaban J connectivity index is 1.44. The van der Waals surface area contributed by atoms with E-state index in [0.717, 1.165) is 11.0 Å². The molecule has 0 aliphatic rings. The predicted octanol–water partition coefficient (Wildman–Crippen LogP) is 10.9. The van der Waals surface area contributed by atoms with E-state index >= 15 is 0 Å². The fourth-order valence-corrected chi connectivity index (χ4v) is 6.85. The Bertz CT molecular complexity index is 2220.